The molecule has 1 aliphatic rings. The lowest BCUT2D eigenvalue weighted by Crippen LogP contribution is -2.51. The van der Waals surface area contributed by atoms with Gasteiger partial charge >= 0.3 is 0 Å². The van der Waals surface area contributed by atoms with E-state index in [-0.39, 0.29) is 24.4 Å². The maximum Gasteiger partial charge on any atom is 0.239 e. The number of benzene rings is 2. The lowest BCUT2D eigenvalue weighted by Gasteiger charge is -2.22. The van der Waals surface area contributed by atoms with Crippen LogP contribution in [0.15, 0.2) is 48.5 Å². The molecule has 0 saturated carbocycles. The number of hydrogen-bond acceptors (Lipinski definition) is 4. The average Bonchev–Trinajstić information content (AvgIpc) is 2.67. The Labute approximate surface area is 154 Å². The van der Waals surface area contributed by atoms with Gasteiger partial charge in [0.2, 0.25) is 5.91 Å². The summed E-state index contributed by atoms with van der Waals surface area (Å²) in [6.45, 7) is 2.32. The summed E-state index contributed by atoms with van der Waals surface area (Å²) in [5, 5.41) is 6.09. The van der Waals surface area contributed by atoms with Crippen LogP contribution < -0.4 is 15.4 Å². The third kappa shape index (κ3) is 5.19. The molecule has 2 aromatic carbocycles. The van der Waals surface area contributed by atoms with Gasteiger partial charge in [0, 0.05) is 13.1 Å². The quantitative estimate of drug-likeness (QED) is 0.857. The molecule has 1 unspecified atom stereocenters. The molecule has 0 aliphatic carbocycles. The standard InChI is InChI=1S/C19H22N2O3.ClH/c1-23-17-4-2-3-16(11-17)15-7-5-14(6-8-15)12-21-19(22)18-13-24-10-9-20-18;/h2-8,11,18,20H,9-10,12-13H2,1H3,(H,21,22);1H. The first-order chi connectivity index (χ1) is 11.8. The number of carbonyl (C=O) groups excluding carboxylic acids is 1. The summed E-state index contributed by atoms with van der Waals surface area (Å²) < 4.78 is 10.6. The minimum atomic E-state index is -0.255. The first-order valence-corrected chi connectivity index (χ1v) is 8.08. The number of halogens is 1. The molecule has 1 atom stereocenters. The number of nitrogens with one attached hydrogen (secondary N) is 2. The Kier molecular flexibility index (Phi) is 7.25. The molecule has 3 rings (SSSR count). The number of amides is 1. The van der Waals surface area contributed by atoms with E-state index in [1.54, 1.807) is 7.11 Å². The van der Waals surface area contributed by atoms with Gasteiger partial charge in [0.05, 0.1) is 20.3 Å². The maximum atomic E-state index is 12.1. The molecule has 134 valence electrons. The van der Waals surface area contributed by atoms with E-state index in [1.165, 1.54) is 0 Å². The molecule has 5 nitrogen and oxygen atoms in total. The number of carbonyl (C=O) groups is 1. The van der Waals surface area contributed by atoms with Crippen molar-refractivity contribution in [2.45, 2.75) is 12.6 Å². The minimum absolute atomic E-state index is 0. The van der Waals surface area contributed by atoms with E-state index in [1.807, 2.05) is 36.4 Å². The van der Waals surface area contributed by atoms with Crippen LogP contribution in [0.5, 0.6) is 5.75 Å². The topological polar surface area (TPSA) is 59.6 Å². The number of ether oxygens (including phenoxy) is 2. The van der Waals surface area contributed by atoms with Crippen LogP contribution >= 0.6 is 12.4 Å². The SMILES string of the molecule is COc1cccc(-c2ccc(CNC(=O)C3COCCN3)cc2)c1.Cl. The van der Waals surface area contributed by atoms with Crippen LogP contribution in [0.1, 0.15) is 5.56 Å². The maximum absolute atomic E-state index is 12.1. The Morgan fingerprint density at radius 2 is 2.04 bits per heavy atom. The van der Waals surface area contributed by atoms with Gasteiger partial charge in [0.15, 0.2) is 0 Å². The molecule has 0 spiro atoms. The summed E-state index contributed by atoms with van der Waals surface area (Å²) in [4.78, 5) is 12.1. The molecule has 2 N–H and O–H groups in total. The zero-order valence-corrected chi connectivity index (χ0v) is 15.0. The van der Waals surface area contributed by atoms with Gasteiger partial charge in [-0.2, -0.15) is 0 Å². The lowest BCUT2D eigenvalue weighted by atomic mass is 10.0. The van der Waals surface area contributed by atoms with Crippen LogP contribution in [0.4, 0.5) is 0 Å². The van der Waals surface area contributed by atoms with Crippen molar-refractivity contribution in [3.8, 4) is 16.9 Å². The van der Waals surface area contributed by atoms with Crippen LogP contribution in [-0.2, 0) is 16.1 Å². The normalized spacial score (nSPS) is 16.6. The second kappa shape index (κ2) is 9.42. The highest BCUT2D eigenvalue weighted by Crippen LogP contribution is 2.24. The first kappa shape index (κ1) is 19.2. The smallest absolute Gasteiger partial charge is 0.239 e. The fourth-order valence-corrected chi connectivity index (χ4v) is 2.66. The predicted molar refractivity (Wildman–Crippen MR) is 100 cm³/mol. The van der Waals surface area contributed by atoms with Crippen molar-refractivity contribution < 1.29 is 14.3 Å². The highest BCUT2D eigenvalue weighted by molar-refractivity contribution is 5.85. The van der Waals surface area contributed by atoms with Crippen molar-refractivity contribution >= 4 is 18.3 Å². The van der Waals surface area contributed by atoms with E-state index >= 15 is 0 Å². The van der Waals surface area contributed by atoms with Crippen molar-refractivity contribution in [3.05, 3.63) is 54.1 Å². The molecule has 0 radical (unpaired) electrons. The Morgan fingerprint density at radius 3 is 2.72 bits per heavy atom. The molecule has 1 aliphatic heterocycles. The van der Waals surface area contributed by atoms with Gasteiger partial charge in [0.25, 0.3) is 0 Å². The van der Waals surface area contributed by atoms with E-state index in [0.29, 0.717) is 26.3 Å². The number of rotatable bonds is 5. The van der Waals surface area contributed by atoms with Crippen LogP contribution in [0.3, 0.4) is 0 Å². The van der Waals surface area contributed by atoms with Crippen LogP contribution in [0.25, 0.3) is 11.1 Å². The summed E-state index contributed by atoms with van der Waals surface area (Å²) in [7, 11) is 1.66. The third-order valence-electron chi connectivity index (χ3n) is 4.06. The van der Waals surface area contributed by atoms with E-state index in [4.69, 9.17) is 9.47 Å². The van der Waals surface area contributed by atoms with E-state index in [0.717, 1.165) is 22.4 Å². The minimum Gasteiger partial charge on any atom is -0.497 e. The summed E-state index contributed by atoms with van der Waals surface area (Å²) in [6, 6.07) is 15.9. The lowest BCUT2D eigenvalue weighted by molar-refractivity contribution is -0.126. The second-order valence-electron chi connectivity index (χ2n) is 5.73. The van der Waals surface area contributed by atoms with Gasteiger partial charge in [-0.1, -0.05) is 36.4 Å². The van der Waals surface area contributed by atoms with Crippen molar-refractivity contribution in [3.63, 3.8) is 0 Å². The molecule has 6 heteroatoms. The molecule has 1 amide bonds. The zero-order chi connectivity index (χ0) is 16.8. The third-order valence-corrected chi connectivity index (χ3v) is 4.06. The predicted octanol–water partition coefficient (Wildman–Crippen LogP) is 2.39. The Hall–Kier alpha value is -2.08. The number of morpholine rings is 1. The van der Waals surface area contributed by atoms with Crippen molar-refractivity contribution in [1.29, 1.82) is 0 Å². The van der Waals surface area contributed by atoms with Gasteiger partial charge in [-0.05, 0) is 28.8 Å². The summed E-state index contributed by atoms with van der Waals surface area (Å²) in [6.07, 6.45) is 0. The molecular formula is C19H23ClN2O3. The first-order valence-electron chi connectivity index (χ1n) is 8.08. The average molecular weight is 363 g/mol. The zero-order valence-electron chi connectivity index (χ0n) is 14.2. The van der Waals surface area contributed by atoms with E-state index in [2.05, 4.69) is 22.8 Å². The van der Waals surface area contributed by atoms with Gasteiger partial charge in [-0.15, -0.1) is 12.4 Å². The van der Waals surface area contributed by atoms with Crippen molar-refractivity contribution in [2.75, 3.05) is 26.9 Å². The largest absolute Gasteiger partial charge is 0.497 e. The summed E-state index contributed by atoms with van der Waals surface area (Å²) >= 11 is 0. The highest BCUT2D eigenvalue weighted by Gasteiger charge is 2.20. The molecule has 25 heavy (non-hydrogen) atoms. The second-order valence-corrected chi connectivity index (χ2v) is 5.73. The van der Waals surface area contributed by atoms with Crippen molar-refractivity contribution in [1.82, 2.24) is 10.6 Å². The molecule has 1 heterocycles. The molecule has 0 aromatic heterocycles. The van der Waals surface area contributed by atoms with Gasteiger partial charge in [-0.3, -0.25) is 4.79 Å². The van der Waals surface area contributed by atoms with Gasteiger partial charge < -0.3 is 20.1 Å². The number of methoxy groups -OCH3 is 1. The highest BCUT2D eigenvalue weighted by atomic mass is 35.5. The van der Waals surface area contributed by atoms with E-state index in [9.17, 15) is 4.79 Å². The van der Waals surface area contributed by atoms with Crippen molar-refractivity contribution in [2.24, 2.45) is 0 Å². The molecule has 2 aromatic rings. The Bertz CT molecular complexity index is 685. The van der Waals surface area contributed by atoms with Crippen LogP contribution in [-0.4, -0.2) is 38.8 Å². The van der Waals surface area contributed by atoms with Gasteiger partial charge in [-0.25, -0.2) is 0 Å². The Balaban J connectivity index is 0.00000225. The summed E-state index contributed by atoms with van der Waals surface area (Å²) in [5.74, 6) is 0.817. The van der Waals surface area contributed by atoms with E-state index < -0.39 is 0 Å². The van der Waals surface area contributed by atoms with Gasteiger partial charge in [0.1, 0.15) is 11.8 Å². The molecule has 0 bridgehead atoms. The number of hydrogen-bond donors (Lipinski definition) is 2. The van der Waals surface area contributed by atoms with Crippen LogP contribution in [0.2, 0.25) is 0 Å². The summed E-state index contributed by atoms with van der Waals surface area (Å²) in [5.41, 5.74) is 3.28. The molecule has 1 saturated heterocycles. The fourth-order valence-electron chi connectivity index (χ4n) is 2.66. The van der Waals surface area contributed by atoms with Crippen LogP contribution in [0, 0.1) is 0 Å². The molecule has 1 fully saturated rings. The monoisotopic (exact) mass is 362 g/mol. The Morgan fingerprint density at radius 1 is 1.24 bits per heavy atom. The molecular weight excluding hydrogens is 340 g/mol. The fraction of sp³-hybridized carbons (Fsp3) is 0.316.